The minimum atomic E-state index is -1.18. The first kappa shape index (κ1) is 10.9. The molecule has 2 rings (SSSR count). The largest absolute Gasteiger partial charge is 0.316 e. The molecule has 1 saturated heterocycles. The first-order chi connectivity index (χ1) is 7.59. The van der Waals surface area contributed by atoms with Crippen molar-refractivity contribution in [3.8, 4) is 0 Å². The van der Waals surface area contributed by atoms with Gasteiger partial charge in [0.1, 0.15) is 0 Å². The van der Waals surface area contributed by atoms with Gasteiger partial charge < -0.3 is 5.32 Å². The van der Waals surface area contributed by atoms with Crippen molar-refractivity contribution in [2.75, 3.05) is 13.1 Å². The Kier molecular flexibility index (Phi) is 2.82. The molecule has 1 aliphatic heterocycles. The summed E-state index contributed by atoms with van der Waals surface area (Å²) in [7, 11) is 0. The highest BCUT2D eigenvalue weighted by atomic mass is 19.2. The van der Waals surface area contributed by atoms with Crippen LogP contribution in [0.1, 0.15) is 17.9 Å². The van der Waals surface area contributed by atoms with Crippen molar-refractivity contribution in [3.05, 3.63) is 39.4 Å². The smallest absolute Gasteiger partial charge is 0.276 e. The van der Waals surface area contributed by atoms with E-state index < -0.39 is 16.6 Å². The fourth-order valence-electron chi connectivity index (χ4n) is 1.96. The van der Waals surface area contributed by atoms with Crippen LogP contribution in [0.15, 0.2) is 12.1 Å². The number of nitro groups is 1. The zero-order chi connectivity index (χ0) is 11.7. The Hall–Kier alpha value is -1.56. The molecular weight excluding hydrogens is 218 g/mol. The molecule has 1 aromatic rings. The Morgan fingerprint density at radius 1 is 1.38 bits per heavy atom. The summed E-state index contributed by atoms with van der Waals surface area (Å²) in [5.41, 5.74) is -0.0681. The molecule has 16 heavy (non-hydrogen) atoms. The first-order valence-electron chi connectivity index (χ1n) is 4.93. The molecule has 1 fully saturated rings. The normalized spacial score (nSPS) is 20.0. The molecule has 0 amide bonds. The summed E-state index contributed by atoms with van der Waals surface area (Å²) < 4.78 is 26.0. The highest BCUT2D eigenvalue weighted by Crippen LogP contribution is 2.32. The van der Waals surface area contributed by atoms with E-state index in [1.807, 2.05) is 0 Å². The number of halogens is 2. The zero-order valence-corrected chi connectivity index (χ0v) is 8.37. The van der Waals surface area contributed by atoms with E-state index in [9.17, 15) is 18.9 Å². The maximum Gasteiger partial charge on any atom is 0.276 e. The molecule has 1 heterocycles. The van der Waals surface area contributed by atoms with Gasteiger partial charge in [0, 0.05) is 18.0 Å². The van der Waals surface area contributed by atoms with Gasteiger partial charge in [-0.3, -0.25) is 10.1 Å². The maximum absolute atomic E-state index is 13.1. The van der Waals surface area contributed by atoms with E-state index in [-0.39, 0.29) is 17.2 Å². The van der Waals surface area contributed by atoms with E-state index in [0.717, 1.165) is 12.6 Å². The van der Waals surface area contributed by atoms with Gasteiger partial charge in [0.25, 0.3) is 5.69 Å². The van der Waals surface area contributed by atoms with Crippen molar-refractivity contribution in [2.24, 2.45) is 0 Å². The average Bonchev–Trinajstić information content (AvgIpc) is 2.74. The van der Waals surface area contributed by atoms with Crippen LogP contribution in [-0.4, -0.2) is 18.0 Å². The van der Waals surface area contributed by atoms with E-state index in [0.29, 0.717) is 19.0 Å². The molecule has 0 aromatic heterocycles. The SMILES string of the molecule is O=[N+]([O-])c1cc(F)c(F)cc1C1CCNC1. The lowest BCUT2D eigenvalue weighted by Gasteiger charge is -2.09. The van der Waals surface area contributed by atoms with E-state index in [1.165, 1.54) is 0 Å². The van der Waals surface area contributed by atoms with Gasteiger partial charge in [-0.1, -0.05) is 0 Å². The molecule has 1 aliphatic rings. The molecule has 0 radical (unpaired) electrons. The lowest BCUT2D eigenvalue weighted by atomic mass is 9.96. The standard InChI is InChI=1S/C10H10F2N2O2/c11-8-3-7(6-1-2-13-5-6)10(14(15)16)4-9(8)12/h3-4,6,13H,1-2,5H2. The van der Waals surface area contributed by atoms with Gasteiger partial charge in [-0.05, 0) is 19.0 Å². The van der Waals surface area contributed by atoms with Crippen molar-refractivity contribution in [1.29, 1.82) is 0 Å². The topological polar surface area (TPSA) is 55.2 Å². The molecule has 86 valence electrons. The van der Waals surface area contributed by atoms with Crippen LogP contribution in [0, 0.1) is 21.7 Å². The number of nitro benzene ring substituents is 1. The molecule has 0 aliphatic carbocycles. The van der Waals surface area contributed by atoms with Crippen LogP contribution < -0.4 is 5.32 Å². The van der Waals surface area contributed by atoms with Crippen LogP contribution in [0.25, 0.3) is 0 Å². The highest BCUT2D eigenvalue weighted by Gasteiger charge is 2.27. The van der Waals surface area contributed by atoms with Gasteiger partial charge in [-0.2, -0.15) is 0 Å². The predicted molar refractivity (Wildman–Crippen MR) is 53.2 cm³/mol. The number of nitrogens with zero attached hydrogens (tertiary/aromatic N) is 1. The Morgan fingerprint density at radius 3 is 2.62 bits per heavy atom. The van der Waals surface area contributed by atoms with Crippen LogP contribution in [0.4, 0.5) is 14.5 Å². The molecule has 1 aromatic carbocycles. The minimum absolute atomic E-state index is 0.115. The monoisotopic (exact) mass is 228 g/mol. The second-order valence-electron chi connectivity index (χ2n) is 3.77. The number of hydrogen-bond acceptors (Lipinski definition) is 3. The Morgan fingerprint density at radius 2 is 2.06 bits per heavy atom. The van der Waals surface area contributed by atoms with E-state index in [1.54, 1.807) is 0 Å². The highest BCUT2D eigenvalue weighted by molar-refractivity contribution is 5.44. The quantitative estimate of drug-likeness (QED) is 0.621. The van der Waals surface area contributed by atoms with Gasteiger partial charge in [0.05, 0.1) is 11.0 Å². The third kappa shape index (κ3) is 1.88. The summed E-state index contributed by atoms with van der Waals surface area (Å²) >= 11 is 0. The first-order valence-corrected chi connectivity index (χ1v) is 4.93. The van der Waals surface area contributed by atoms with Crippen LogP contribution >= 0.6 is 0 Å². The van der Waals surface area contributed by atoms with E-state index >= 15 is 0 Å². The molecule has 0 saturated carbocycles. The minimum Gasteiger partial charge on any atom is -0.316 e. The molecule has 4 nitrogen and oxygen atoms in total. The summed E-state index contributed by atoms with van der Waals surface area (Å²) in [6.45, 7) is 1.30. The van der Waals surface area contributed by atoms with Gasteiger partial charge in [0.15, 0.2) is 11.6 Å². The second kappa shape index (κ2) is 4.13. The Labute approximate surface area is 90.4 Å². The van der Waals surface area contributed by atoms with Gasteiger partial charge in [-0.25, -0.2) is 8.78 Å². The molecule has 6 heteroatoms. The summed E-state index contributed by atoms with van der Waals surface area (Å²) in [5, 5.41) is 13.8. The fourth-order valence-corrected chi connectivity index (χ4v) is 1.96. The lowest BCUT2D eigenvalue weighted by Crippen LogP contribution is -2.10. The van der Waals surface area contributed by atoms with Crippen LogP contribution in [0.3, 0.4) is 0 Å². The fraction of sp³-hybridized carbons (Fsp3) is 0.400. The van der Waals surface area contributed by atoms with Crippen LogP contribution in [0.2, 0.25) is 0 Å². The predicted octanol–water partition coefficient (Wildman–Crippen LogP) is 1.95. The molecule has 0 spiro atoms. The summed E-state index contributed by atoms with van der Waals surface area (Å²) in [6.07, 6.45) is 0.700. The third-order valence-corrected chi connectivity index (χ3v) is 2.77. The van der Waals surface area contributed by atoms with E-state index in [4.69, 9.17) is 0 Å². The van der Waals surface area contributed by atoms with Gasteiger partial charge in [-0.15, -0.1) is 0 Å². The van der Waals surface area contributed by atoms with Crippen LogP contribution in [0.5, 0.6) is 0 Å². The third-order valence-electron chi connectivity index (χ3n) is 2.77. The lowest BCUT2D eigenvalue weighted by molar-refractivity contribution is -0.385. The van der Waals surface area contributed by atoms with Crippen molar-refractivity contribution in [1.82, 2.24) is 5.32 Å². The number of nitrogens with one attached hydrogen (secondary N) is 1. The Balaban J connectivity index is 2.48. The van der Waals surface area contributed by atoms with Crippen molar-refractivity contribution < 1.29 is 13.7 Å². The summed E-state index contributed by atoms with van der Waals surface area (Å²) in [6, 6.07) is 1.59. The van der Waals surface area contributed by atoms with Crippen molar-refractivity contribution >= 4 is 5.69 Å². The number of benzene rings is 1. The molecule has 1 atom stereocenters. The van der Waals surface area contributed by atoms with E-state index in [2.05, 4.69) is 5.32 Å². The van der Waals surface area contributed by atoms with Gasteiger partial charge in [0.2, 0.25) is 0 Å². The van der Waals surface area contributed by atoms with Gasteiger partial charge >= 0.3 is 0 Å². The van der Waals surface area contributed by atoms with Crippen molar-refractivity contribution in [2.45, 2.75) is 12.3 Å². The maximum atomic E-state index is 13.1. The molecule has 0 bridgehead atoms. The molecular formula is C10H10F2N2O2. The molecule has 1 unspecified atom stereocenters. The average molecular weight is 228 g/mol. The second-order valence-corrected chi connectivity index (χ2v) is 3.77. The Bertz CT molecular complexity index is 431. The summed E-state index contributed by atoms with van der Waals surface area (Å²) in [4.78, 5) is 10.1. The zero-order valence-electron chi connectivity index (χ0n) is 8.37. The number of hydrogen-bond donors (Lipinski definition) is 1. The number of rotatable bonds is 2. The molecule has 1 N–H and O–H groups in total. The van der Waals surface area contributed by atoms with Crippen LogP contribution in [-0.2, 0) is 0 Å². The summed E-state index contributed by atoms with van der Waals surface area (Å²) in [5.74, 6) is -2.33. The van der Waals surface area contributed by atoms with Crippen molar-refractivity contribution in [3.63, 3.8) is 0 Å².